The standard InChI is InChI=1S/C29H24N4OS/c1-34-24-16-14-21(15-17-24)26-19-27(33(30-26)23-11-6-3-7-12-23)25-20-32(22-9-4-2-5-10-22)31-29(25)28-13-8-18-35-28/h2-18,20,27H,19H2,1H3/t27-/m0/s1. The molecule has 0 fully saturated rings. The number of hydrogen-bond donors (Lipinski definition) is 0. The zero-order valence-electron chi connectivity index (χ0n) is 19.3. The van der Waals surface area contributed by atoms with E-state index in [0.717, 1.165) is 51.0 Å². The Morgan fingerprint density at radius 1 is 0.829 bits per heavy atom. The monoisotopic (exact) mass is 476 g/mol. The highest BCUT2D eigenvalue weighted by Gasteiger charge is 2.33. The largest absolute Gasteiger partial charge is 0.497 e. The van der Waals surface area contributed by atoms with Crippen molar-refractivity contribution in [2.75, 3.05) is 12.1 Å². The Balaban J connectivity index is 1.46. The third-order valence-corrected chi connectivity index (χ3v) is 7.11. The summed E-state index contributed by atoms with van der Waals surface area (Å²) in [7, 11) is 1.69. The van der Waals surface area contributed by atoms with Gasteiger partial charge in [-0.15, -0.1) is 11.3 Å². The van der Waals surface area contributed by atoms with Gasteiger partial charge < -0.3 is 4.74 Å². The number of benzene rings is 3. The molecule has 172 valence electrons. The van der Waals surface area contributed by atoms with Crippen LogP contribution in [0.25, 0.3) is 16.3 Å². The first-order chi connectivity index (χ1) is 17.3. The van der Waals surface area contributed by atoms with Gasteiger partial charge in [-0.05, 0) is 65.5 Å². The molecule has 6 rings (SSSR count). The molecule has 6 heteroatoms. The molecule has 35 heavy (non-hydrogen) atoms. The fourth-order valence-corrected chi connectivity index (χ4v) is 5.21. The molecule has 0 saturated carbocycles. The van der Waals surface area contributed by atoms with Gasteiger partial charge >= 0.3 is 0 Å². The lowest BCUT2D eigenvalue weighted by Gasteiger charge is -2.23. The lowest BCUT2D eigenvalue weighted by molar-refractivity contribution is 0.415. The summed E-state index contributed by atoms with van der Waals surface area (Å²) in [6.45, 7) is 0. The predicted octanol–water partition coefficient (Wildman–Crippen LogP) is 6.97. The quantitative estimate of drug-likeness (QED) is 0.266. The number of rotatable bonds is 6. The van der Waals surface area contributed by atoms with Crippen LogP contribution >= 0.6 is 11.3 Å². The van der Waals surface area contributed by atoms with Crippen LogP contribution in [0.5, 0.6) is 5.75 Å². The number of anilines is 1. The Labute approximate surface area is 208 Å². The Kier molecular flexibility index (Phi) is 5.64. The lowest BCUT2D eigenvalue weighted by atomic mass is 9.98. The molecule has 1 atom stereocenters. The molecule has 2 aromatic heterocycles. The molecule has 0 aliphatic carbocycles. The molecule has 0 spiro atoms. The van der Waals surface area contributed by atoms with E-state index in [1.165, 1.54) is 0 Å². The molecule has 5 nitrogen and oxygen atoms in total. The molecular weight excluding hydrogens is 452 g/mol. The van der Waals surface area contributed by atoms with E-state index in [1.54, 1.807) is 18.4 Å². The van der Waals surface area contributed by atoms with Crippen LogP contribution in [-0.2, 0) is 0 Å². The van der Waals surface area contributed by atoms with E-state index in [9.17, 15) is 0 Å². The van der Waals surface area contributed by atoms with Crippen LogP contribution in [0.3, 0.4) is 0 Å². The number of hydrazone groups is 1. The van der Waals surface area contributed by atoms with E-state index in [2.05, 4.69) is 77.2 Å². The van der Waals surface area contributed by atoms with Crippen molar-refractivity contribution in [1.29, 1.82) is 0 Å². The van der Waals surface area contributed by atoms with Gasteiger partial charge in [0.05, 0.1) is 35.1 Å². The lowest BCUT2D eigenvalue weighted by Crippen LogP contribution is -2.18. The third kappa shape index (κ3) is 4.13. The minimum Gasteiger partial charge on any atom is -0.497 e. The van der Waals surface area contributed by atoms with Crippen molar-refractivity contribution in [2.24, 2.45) is 5.10 Å². The smallest absolute Gasteiger partial charge is 0.118 e. The van der Waals surface area contributed by atoms with Crippen LogP contribution in [0.2, 0.25) is 0 Å². The molecule has 1 aliphatic heterocycles. The second kappa shape index (κ2) is 9.24. The summed E-state index contributed by atoms with van der Waals surface area (Å²) in [6, 6.07) is 33.0. The highest BCUT2D eigenvalue weighted by molar-refractivity contribution is 7.13. The van der Waals surface area contributed by atoms with Crippen LogP contribution in [0, 0.1) is 0 Å². The van der Waals surface area contributed by atoms with Crippen LogP contribution < -0.4 is 9.75 Å². The number of nitrogens with zero attached hydrogens (tertiary/aromatic N) is 4. The van der Waals surface area contributed by atoms with E-state index in [1.807, 2.05) is 41.1 Å². The molecule has 0 saturated heterocycles. The van der Waals surface area contributed by atoms with Crippen LogP contribution in [-0.4, -0.2) is 22.6 Å². The number of para-hydroxylation sites is 2. The van der Waals surface area contributed by atoms with Gasteiger partial charge in [0, 0.05) is 18.2 Å². The maximum Gasteiger partial charge on any atom is 0.118 e. The fourth-order valence-electron chi connectivity index (χ4n) is 4.48. The minimum absolute atomic E-state index is 0.0177. The first-order valence-electron chi connectivity index (χ1n) is 11.6. The molecule has 0 radical (unpaired) electrons. The normalized spacial score (nSPS) is 15.3. The predicted molar refractivity (Wildman–Crippen MR) is 143 cm³/mol. The van der Waals surface area contributed by atoms with Gasteiger partial charge in [0.15, 0.2) is 0 Å². The molecule has 3 aromatic carbocycles. The molecule has 0 amide bonds. The van der Waals surface area contributed by atoms with Crippen LogP contribution in [0.4, 0.5) is 5.69 Å². The van der Waals surface area contributed by atoms with Gasteiger partial charge in [-0.1, -0.05) is 42.5 Å². The zero-order chi connectivity index (χ0) is 23.6. The summed E-state index contributed by atoms with van der Waals surface area (Å²) >= 11 is 1.71. The summed E-state index contributed by atoms with van der Waals surface area (Å²) in [6.07, 6.45) is 2.94. The van der Waals surface area contributed by atoms with Crippen molar-refractivity contribution >= 4 is 22.7 Å². The van der Waals surface area contributed by atoms with E-state index < -0.39 is 0 Å². The maximum absolute atomic E-state index is 5.35. The van der Waals surface area contributed by atoms with Gasteiger partial charge in [-0.2, -0.15) is 10.2 Å². The Morgan fingerprint density at radius 3 is 2.20 bits per heavy atom. The molecule has 5 aromatic rings. The molecule has 0 N–H and O–H groups in total. The maximum atomic E-state index is 5.35. The van der Waals surface area contributed by atoms with E-state index in [-0.39, 0.29) is 6.04 Å². The Hall–Kier alpha value is -4.16. The molecule has 0 bridgehead atoms. The molecule has 0 unspecified atom stereocenters. The van der Waals surface area contributed by atoms with E-state index in [4.69, 9.17) is 14.9 Å². The summed E-state index contributed by atoms with van der Waals surface area (Å²) in [5.41, 5.74) is 6.41. The number of hydrogen-bond acceptors (Lipinski definition) is 5. The minimum atomic E-state index is 0.0177. The zero-order valence-corrected chi connectivity index (χ0v) is 20.1. The second-order valence-electron chi connectivity index (χ2n) is 8.37. The number of methoxy groups -OCH3 is 1. The van der Waals surface area contributed by atoms with Crippen molar-refractivity contribution in [2.45, 2.75) is 12.5 Å². The SMILES string of the molecule is COc1ccc(C2=NN(c3ccccc3)[C@H](c3cn(-c4ccccc4)nc3-c3cccs3)C2)cc1. The molecule has 3 heterocycles. The van der Waals surface area contributed by atoms with Crippen molar-refractivity contribution in [1.82, 2.24) is 9.78 Å². The average molecular weight is 477 g/mol. The summed E-state index contributed by atoms with van der Waals surface area (Å²) in [5, 5.41) is 14.4. The number of ether oxygens (including phenoxy) is 1. The highest BCUT2D eigenvalue weighted by Crippen LogP contribution is 2.41. The van der Waals surface area contributed by atoms with E-state index in [0.29, 0.717) is 0 Å². The van der Waals surface area contributed by atoms with Crippen molar-refractivity contribution in [3.63, 3.8) is 0 Å². The Bertz CT molecular complexity index is 1440. The summed E-state index contributed by atoms with van der Waals surface area (Å²) < 4.78 is 7.34. The van der Waals surface area contributed by atoms with Crippen LogP contribution in [0.15, 0.2) is 114 Å². The van der Waals surface area contributed by atoms with Crippen molar-refractivity contribution < 1.29 is 4.74 Å². The summed E-state index contributed by atoms with van der Waals surface area (Å²) in [5.74, 6) is 0.841. The second-order valence-corrected chi connectivity index (χ2v) is 9.31. The Morgan fingerprint density at radius 2 is 1.54 bits per heavy atom. The highest BCUT2D eigenvalue weighted by atomic mass is 32.1. The van der Waals surface area contributed by atoms with Crippen LogP contribution in [0.1, 0.15) is 23.6 Å². The van der Waals surface area contributed by atoms with Crippen molar-refractivity contribution in [3.05, 3.63) is 120 Å². The van der Waals surface area contributed by atoms with E-state index >= 15 is 0 Å². The van der Waals surface area contributed by atoms with Crippen molar-refractivity contribution in [3.8, 4) is 22.0 Å². The molecule has 1 aliphatic rings. The van der Waals surface area contributed by atoms with Gasteiger partial charge in [0.2, 0.25) is 0 Å². The first kappa shape index (κ1) is 21.4. The first-order valence-corrected chi connectivity index (χ1v) is 12.4. The van der Waals surface area contributed by atoms with Gasteiger partial charge in [-0.3, -0.25) is 5.01 Å². The topological polar surface area (TPSA) is 42.6 Å². The van der Waals surface area contributed by atoms with Gasteiger partial charge in [0.1, 0.15) is 11.4 Å². The summed E-state index contributed by atoms with van der Waals surface area (Å²) in [4.78, 5) is 1.15. The fraction of sp³-hybridized carbons (Fsp3) is 0.103. The third-order valence-electron chi connectivity index (χ3n) is 6.23. The average Bonchev–Trinajstić information content (AvgIpc) is 3.69. The number of thiophene rings is 1. The van der Waals surface area contributed by atoms with Gasteiger partial charge in [-0.25, -0.2) is 4.68 Å². The molecular formula is C29H24N4OS. The number of aromatic nitrogens is 2. The van der Waals surface area contributed by atoms with Gasteiger partial charge in [0.25, 0.3) is 0 Å².